The van der Waals surface area contributed by atoms with Crippen LogP contribution in [0.4, 0.5) is 0 Å². The Kier molecular flexibility index (Phi) is 5.05. The van der Waals surface area contributed by atoms with E-state index in [1.54, 1.807) is 0 Å². The predicted molar refractivity (Wildman–Crippen MR) is 79.6 cm³/mol. The SMILES string of the molecule is Cc1csc(C(=O)N2CCC(CCC(=O)O)CC2)c1Cl. The molecule has 0 radical (unpaired) electrons. The minimum atomic E-state index is -0.746. The van der Waals surface area contributed by atoms with Crippen molar-refractivity contribution in [2.24, 2.45) is 5.92 Å². The number of amides is 1. The maximum atomic E-state index is 12.4. The third kappa shape index (κ3) is 3.52. The Morgan fingerprint density at radius 1 is 1.45 bits per heavy atom. The van der Waals surface area contributed by atoms with Crippen LogP contribution >= 0.6 is 22.9 Å². The molecule has 2 heterocycles. The number of aryl methyl sites for hydroxylation is 1. The van der Waals surface area contributed by atoms with Gasteiger partial charge in [-0.2, -0.15) is 0 Å². The number of nitrogens with zero attached hydrogens (tertiary/aromatic N) is 1. The molecule has 0 aliphatic carbocycles. The number of hydrogen-bond donors (Lipinski definition) is 1. The first kappa shape index (κ1) is 15.3. The third-order valence-corrected chi connectivity index (χ3v) is 5.45. The normalized spacial score (nSPS) is 16.4. The molecule has 1 saturated heterocycles. The lowest BCUT2D eigenvalue weighted by atomic mass is 9.92. The van der Waals surface area contributed by atoms with Gasteiger partial charge >= 0.3 is 5.97 Å². The van der Waals surface area contributed by atoms with E-state index in [-0.39, 0.29) is 12.3 Å². The minimum Gasteiger partial charge on any atom is -0.481 e. The molecule has 20 heavy (non-hydrogen) atoms. The lowest BCUT2D eigenvalue weighted by Crippen LogP contribution is -2.38. The lowest BCUT2D eigenvalue weighted by molar-refractivity contribution is -0.137. The number of aliphatic carboxylic acids is 1. The molecule has 1 aliphatic rings. The average Bonchev–Trinajstić information content (AvgIpc) is 2.76. The van der Waals surface area contributed by atoms with Crippen LogP contribution in [-0.4, -0.2) is 35.0 Å². The van der Waals surface area contributed by atoms with Crippen LogP contribution in [0.25, 0.3) is 0 Å². The van der Waals surface area contributed by atoms with E-state index >= 15 is 0 Å². The number of piperidine rings is 1. The number of carboxylic acid groups (broad SMARTS) is 1. The topological polar surface area (TPSA) is 57.6 Å². The van der Waals surface area contributed by atoms with Gasteiger partial charge in [-0.3, -0.25) is 9.59 Å². The van der Waals surface area contributed by atoms with Crippen molar-refractivity contribution in [3.05, 3.63) is 20.8 Å². The molecule has 1 N–H and O–H groups in total. The van der Waals surface area contributed by atoms with Crippen LogP contribution in [0.2, 0.25) is 5.02 Å². The summed E-state index contributed by atoms with van der Waals surface area (Å²) in [5.74, 6) is -0.329. The largest absolute Gasteiger partial charge is 0.481 e. The molecular weight excluding hydrogens is 298 g/mol. The fourth-order valence-electron chi connectivity index (χ4n) is 2.47. The average molecular weight is 316 g/mol. The highest BCUT2D eigenvalue weighted by molar-refractivity contribution is 7.13. The van der Waals surface area contributed by atoms with Crippen LogP contribution < -0.4 is 0 Å². The van der Waals surface area contributed by atoms with Gasteiger partial charge in [-0.1, -0.05) is 11.6 Å². The molecule has 0 spiro atoms. The highest BCUT2D eigenvalue weighted by Crippen LogP contribution is 2.30. The van der Waals surface area contributed by atoms with E-state index in [2.05, 4.69) is 0 Å². The van der Waals surface area contributed by atoms with E-state index < -0.39 is 5.97 Å². The van der Waals surface area contributed by atoms with Gasteiger partial charge in [0.1, 0.15) is 4.88 Å². The molecule has 6 heteroatoms. The number of hydrogen-bond acceptors (Lipinski definition) is 3. The summed E-state index contributed by atoms with van der Waals surface area (Å²) in [5, 5.41) is 11.1. The van der Waals surface area contributed by atoms with E-state index in [1.807, 2.05) is 17.2 Å². The second kappa shape index (κ2) is 6.59. The summed E-state index contributed by atoms with van der Waals surface area (Å²) in [7, 11) is 0. The standard InChI is InChI=1S/C14H18ClNO3S/c1-9-8-20-13(12(9)15)14(19)16-6-4-10(5-7-16)2-3-11(17)18/h8,10H,2-7H2,1H3,(H,17,18). The molecule has 1 aromatic heterocycles. The van der Waals surface area contributed by atoms with Gasteiger partial charge < -0.3 is 10.0 Å². The first-order chi connectivity index (χ1) is 9.49. The zero-order valence-corrected chi connectivity index (χ0v) is 13.0. The maximum absolute atomic E-state index is 12.4. The Labute approximate surface area is 127 Å². The number of thiophene rings is 1. The fraction of sp³-hybridized carbons (Fsp3) is 0.571. The molecule has 0 bridgehead atoms. The molecule has 4 nitrogen and oxygen atoms in total. The zero-order valence-electron chi connectivity index (χ0n) is 11.4. The van der Waals surface area contributed by atoms with Gasteiger partial charge in [0.05, 0.1) is 5.02 Å². The monoisotopic (exact) mass is 315 g/mol. The number of likely N-dealkylation sites (tertiary alicyclic amines) is 1. The van der Waals surface area contributed by atoms with Crippen molar-refractivity contribution < 1.29 is 14.7 Å². The zero-order chi connectivity index (χ0) is 14.7. The van der Waals surface area contributed by atoms with E-state index in [1.165, 1.54) is 11.3 Å². The molecule has 1 amide bonds. The smallest absolute Gasteiger partial charge is 0.303 e. The van der Waals surface area contributed by atoms with Crippen LogP contribution in [0.3, 0.4) is 0 Å². The number of halogens is 1. The number of rotatable bonds is 4. The summed E-state index contributed by atoms with van der Waals surface area (Å²) in [6, 6.07) is 0. The summed E-state index contributed by atoms with van der Waals surface area (Å²) in [6.07, 6.45) is 2.67. The molecule has 0 atom stereocenters. The molecule has 1 fully saturated rings. The molecule has 1 aromatic rings. The molecule has 110 valence electrons. The third-order valence-electron chi connectivity index (χ3n) is 3.76. The molecule has 1 aliphatic heterocycles. The van der Waals surface area contributed by atoms with Gasteiger partial charge in [0, 0.05) is 19.5 Å². The second-order valence-corrected chi connectivity index (χ2v) is 6.49. The van der Waals surface area contributed by atoms with Crippen LogP contribution in [0.1, 0.15) is 40.9 Å². The summed E-state index contributed by atoms with van der Waals surface area (Å²) in [4.78, 5) is 25.4. The first-order valence-electron chi connectivity index (χ1n) is 6.73. The fourth-order valence-corrected chi connectivity index (χ4v) is 3.71. The molecule has 0 aromatic carbocycles. The molecule has 0 saturated carbocycles. The van der Waals surface area contributed by atoms with Crippen molar-refractivity contribution in [3.8, 4) is 0 Å². The van der Waals surface area contributed by atoms with E-state index in [0.717, 1.165) is 18.4 Å². The van der Waals surface area contributed by atoms with Crippen LogP contribution in [0.5, 0.6) is 0 Å². The number of carbonyl (C=O) groups is 2. The van der Waals surface area contributed by atoms with Gasteiger partial charge in [-0.25, -0.2) is 0 Å². The minimum absolute atomic E-state index is 0.00443. The van der Waals surface area contributed by atoms with Crippen molar-refractivity contribution in [2.75, 3.05) is 13.1 Å². The first-order valence-corrected chi connectivity index (χ1v) is 7.99. The van der Waals surface area contributed by atoms with Crippen LogP contribution in [0.15, 0.2) is 5.38 Å². The van der Waals surface area contributed by atoms with Gasteiger partial charge in [0.15, 0.2) is 0 Å². The summed E-state index contributed by atoms with van der Waals surface area (Å²) < 4.78 is 0. The van der Waals surface area contributed by atoms with Crippen LogP contribution in [-0.2, 0) is 4.79 Å². The van der Waals surface area contributed by atoms with Gasteiger partial charge in [0.25, 0.3) is 5.91 Å². The van der Waals surface area contributed by atoms with E-state index in [0.29, 0.717) is 35.3 Å². The van der Waals surface area contributed by atoms with Crippen molar-refractivity contribution in [2.45, 2.75) is 32.6 Å². The summed E-state index contributed by atoms with van der Waals surface area (Å²) >= 11 is 7.53. The highest BCUT2D eigenvalue weighted by Gasteiger charge is 2.26. The Bertz CT molecular complexity index is 507. The van der Waals surface area contributed by atoms with Crippen molar-refractivity contribution in [1.29, 1.82) is 0 Å². The predicted octanol–water partition coefficient (Wildman–Crippen LogP) is 3.43. The Balaban J connectivity index is 1.89. The second-order valence-electron chi connectivity index (χ2n) is 5.23. The molecule has 0 unspecified atom stereocenters. The van der Waals surface area contributed by atoms with Gasteiger partial charge in [-0.05, 0) is 43.0 Å². The molecule has 2 rings (SSSR count). The number of carboxylic acids is 1. The van der Waals surface area contributed by atoms with Crippen molar-refractivity contribution >= 4 is 34.8 Å². The van der Waals surface area contributed by atoms with Crippen molar-refractivity contribution in [1.82, 2.24) is 4.90 Å². The van der Waals surface area contributed by atoms with Gasteiger partial charge in [0.2, 0.25) is 0 Å². The van der Waals surface area contributed by atoms with Gasteiger partial charge in [-0.15, -0.1) is 11.3 Å². The quantitative estimate of drug-likeness (QED) is 0.926. The van der Waals surface area contributed by atoms with Crippen LogP contribution in [0, 0.1) is 12.8 Å². The lowest BCUT2D eigenvalue weighted by Gasteiger charge is -2.31. The molecular formula is C14H18ClNO3S. The maximum Gasteiger partial charge on any atom is 0.303 e. The number of carbonyl (C=O) groups excluding carboxylic acids is 1. The Hall–Kier alpha value is -1.07. The Morgan fingerprint density at radius 2 is 2.10 bits per heavy atom. The van der Waals surface area contributed by atoms with Crippen molar-refractivity contribution in [3.63, 3.8) is 0 Å². The van der Waals surface area contributed by atoms with E-state index in [4.69, 9.17) is 16.7 Å². The Morgan fingerprint density at radius 3 is 2.60 bits per heavy atom. The van der Waals surface area contributed by atoms with E-state index in [9.17, 15) is 9.59 Å². The summed E-state index contributed by atoms with van der Waals surface area (Å²) in [6.45, 7) is 3.28. The summed E-state index contributed by atoms with van der Waals surface area (Å²) in [5.41, 5.74) is 0.941. The highest BCUT2D eigenvalue weighted by atomic mass is 35.5.